The van der Waals surface area contributed by atoms with Crippen molar-refractivity contribution in [3.05, 3.63) is 23.9 Å². The molecule has 0 aliphatic carbocycles. The highest BCUT2D eigenvalue weighted by Gasteiger charge is 2.13. The minimum Gasteiger partial charge on any atom is -0.478 e. The lowest BCUT2D eigenvalue weighted by Gasteiger charge is -2.21. The van der Waals surface area contributed by atoms with Crippen molar-refractivity contribution in [3.8, 4) is 5.88 Å². The Morgan fingerprint density at radius 1 is 1.28 bits per heavy atom. The monoisotopic (exact) mass is 251 g/mol. The number of hydrogen-bond acceptors (Lipinski definition) is 3. The Kier molecular flexibility index (Phi) is 7.42. The maximum absolute atomic E-state index is 5.61. The zero-order valence-corrected chi connectivity index (χ0v) is 11.8. The topological polar surface area (TPSA) is 31.4 Å². The van der Waals surface area contributed by atoms with E-state index in [2.05, 4.69) is 4.98 Å². The standard InChI is InChI=1S/C13H19NO2.C2H6/c1-11-2-3-13(14-10-11)16-9-6-12-4-7-15-8-5-12;1-2/h2-3,10,12H,4-9H2,1H3;1-2H3. The minimum absolute atomic E-state index is 0.734. The Labute approximate surface area is 111 Å². The fraction of sp³-hybridized carbons (Fsp3) is 0.667. The van der Waals surface area contributed by atoms with Gasteiger partial charge >= 0.3 is 0 Å². The molecule has 0 saturated carbocycles. The van der Waals surface area contributed by atoms with Gasteiger partial charge in [0.05, 0.1) is 6.61 Å². The molecule has 18 heavy (non-hydrogen) atoms. The Bertz CT molecular complexity index is 305. The number of aromatic nitrogens is 1. The van der Waals surface area contributed by atoms with Crippen LogP contribution >= 0.6 is 0 Å². The highest BCUT2D eigenvalue weighted by molar-refractivity contribution is 5.16. The normalized spacial score (nSPS) is 15.7. The summed E-state index contributed by atoms with van der Waals surface area (Å²) < 4.78 is 10.9. The average molecular weight is 251 g/mol. The van der Waals surface area contributed by atoms with Gasteiger partial charge in [0.2, 0.25) is 5.88 Å². The third kappa shape index (κ3) is 5.50. The van der Waals surface area contributed by atoms with Crippen molar-refractivity contribution in [1.29, 1.82) is 0 Å². The van der Waals surface area contributed by atoms with Crippen molar-refractivity contribution < 1.29 is 9.47 Å². The summed E-state index contributed by atoms with van der Waals surface area (Å²) in [6, 6.07) is 3.95. The molecule has 0 amide bonds. The Morgan fingerprint density at radius 2 is 2.00 bits per heavy atom. The summed E-state index contributed by atoms with van der Waals surface area (Å²) in [5.41, 5.74) is 1.16. The minimum atomic E-state index is 0.734. The summed E-state index contributed by atoms with van der Waals surface area (Å²) in [4.78, 5) is 4.21. The van der Waals surface area contributed by atoms with Gasteiger partial charge in [0.15, 0.2) is 0 Å². The van der Waals surface area contributed by atoms with Crippen LogP contribution in [0.3, 0.4) is 0 Å². The predicted molar refractivity (Wildman–Crippen MR) is 74.0 cm³/mol. The molecule has 2 rings (SSSR count). The van der Waals surface area contributed by atoms with E-state index in [0.717, 1.165) is 43.6 Å². The summed E-state index contributed by atoms with van der Waals surface area (Å²) >= 11 is 0. The van der Waals surface area contributed by atoms with E-state index >= 15 is 0 Å². The summed E-state index contributed by atoms with van der Waals surface area (Å²) in [5.74, 6) is 1.50. The molecule has 3 heteroatoms. The van der Waals surface area contributed by atoms with E-state index in [1.165, 1.54) is 12.8 Å². The van der Waals surface area contributed by atoms with Crippen molar-refractivity contribution in [2.45, 2.75) is 40.0 Å². The van der Waals surface area contributed by atoms with Crippen LogP contribution in [0.25, 0.3) is 0 Å². The van der Waals surface area contributed by atoms with Gasteiger partial charge in [-0.05, 0) is 37.7 Å². The Morgan fingerprint density at radius 3 is 2.61 bits per heavy atom. The first-order chi connectivity index (χ1) is 8.84. The van der Waals surface area contributed by atoms with E-state index in [1.807, 2.05) is 39.1 Å². The lowest BCUT2D eigenvalue weighted by atomic mass is 9.97. The van der Waals surface area contributed by atoms with Gasteiger partial charge in [-0.1, -0.05) is 19.9 Å². The molecule has 0 bridgehead atoms. The van der Waals surface area contributed by atoms with Gasteiger partial charge in [-0.25, -0.2) is 4.98 Å². The Hall–Kier alpha value is -1.09. The summed E-state index contributed by atoms with van der Waals surface area (Å²) in [6.07, 6.45) is 5.29. The third-order valence-electron chi connectivity index (χ3n) is 3.00. The molecule has 0 atom stereocenters. The van der Waals surface area contributed by atoms with Gasteiger partial charge in [-0.15, -0.1) is 0 Å². The van der Waals surface area contributed by atoms with Crippen LogP contribution in [0, 0.1) is 12.8 Å². The van der Waals surface area contributed by atoms with E-state index in [1.54, 1.807) is 0 Å². The molecule has 1 aliphatic heterocycles. The molecule has 0 spiro atoms. The smallest absolute Gasteiger partial charge is 0.213 e. The number of hydrogen-bond donors (Lipinski definition) is 0. The molecule has 0 aromatic carbocycles. The van der Waals surface area contributed by atoms with Crippen molar-refractivity contribution in [2.24, 2.45) is 5.92 Å². The van der Waals surface area contributed by atoms with Gasteiger partial charge in [0.1, 0.15) is 0 Å². The van der Waals surface area contributed by atoms with Gasteiger partial charge in [-0.3, -0.25) is 0 Å². The van der Waals surface area contributed by atoms with Gasteiger partial charge < -0.3 is 9.47 Å². The second kappa shape index (κ2) is 8.92. The highest BCUT2D eigenvalue weighted by atomic mass is 16.5. The van der Waals surface area contributed by atoms with Crippen LogP contribution < -0.4 is 4.74 Å². The van der Waals surface area contributed by atoms with Gasteiger partial charge in [0.25, 0.3) is 0 Å². The van der Waals surface area contributed by atoms with E-state index in [-0.39, 0.29) is 0 Å². The molecule has 0 radical (unpaired) electrons. The van der Waals surface area contributed by atoms with Crippen LogP contribution in [0.4, 0.5) is 0 Å². The Balaban J connectivity index is 0.000000771. The quantitative estimate of drug-likeness (QED) is 0.819. The first kappa shape index (κ1) is 15.0. The zero-order valence-electron chi connectivity index (χ0n) is 11.8. The number of nitrogens with zero attached hydrogens (tertiary/aromatic N) is 1. The lowest BCUT2D eigenvalue weighted by Crippen LogP contribution is -2.17. The number of aryl methyl sites for hydroxylation is 1. The first-order valence-corrected chi connectivity index (χ1v) is 6.98. The molecule has 0 unspecified atom stereocenters. The first-order valence-electron chi connectivity index (χ1n) is 6.98. The second-order valence-corrected chi connectivity index (χ2v) is 4.37. The third-order valence-corrected chi connectivity index (χ3v) is 3.00. The van der Waals surface area contributed by atoms with E-state index in [0.29, 0.717) is 0 Å². The summed E-state index contributed by atoms with van der Waals surface area (Å²) in [5, 5.41) is 0. The SMILES string of the molecule is CC.Cc1ccc(OCCC2CCOCC2)nc1. The summed E-state index contributed by atoms with van der Waals surface area (Å²) in [7, 11) is 0. The lowest BCUT2D eigenvalue weighted by molar-refractivity contribution is 0.0591. The van der Waals surface area contributed by atoms with Crippen molar-refractivity contribution in [1.82, 2.24) is 4.98 Å². The van der Waals surface area contributed by atoms with Crippen molar-refractivity contribution in [3.63, 3.8) is 0 Å². The number of rotatable bonds is 4. The maximum atomic E-state index is 5.61. The van der Waals surface area contributed by atoms with Crippen LogP contribution in [0.1, 0.15) is 38.7 Å². The fourth-order valence-corrected chi connectivity index (χ4v) is 1.90. The molecule has 1 aromatic rings. The molecule has 1 aliphatic rings. The molecule has 1 aromatic heterocycles. The largest absolute Gasteiger partial charge is 0.478 e. The second-order valence-electron chi connectivity index (χ2n) is 4.37. The molecule has 0 N–H and O–H groups in total. The molecular formula is C15H25NO2. The van der Waals surface area contributed by atoms with Crippen LogP contribution in [0.2, 0.25) is 0 Å². The maximum Gasteiger partial charge on any atom is 0.213 e. The number of ether oxygens (including phenoxy) is 2. The van der Waals surface area contributed by atoms with Crippen LogP contribution in [0.15, 0.2) is 18.3 Å². The zero-order chi connectivity index (χ0) is 13.2. The average Bonchev–Trinajstić information content (AvgIpc) is 2.44. The van der Waals surface area contributed by atoms with E-state index in [4.69, 9.17) is 9.47 Å². The van der Waals surface area contributed by atoms with Crippen molar-refractivity contribution >= 4 is 0 Å². The van der Waals surface area contributed by atoms with Crippen LogP contribution in [-0.2, 0) is 4.74 Å². The van der Waals surface area contributed by atoms with Crippen LogP contribution in [0.5, 0.6) is 5.88 Å². The fourth-order valence-electron chi connectivity index (χ4n) is 1.90. The highest BCUT2D eigenvalue weighted by Crippen LogP contribution is 2.18. The predicted octanol–water partition coefficient (Wildman–Crippen LogP) is 3.61. The summed E-state index contributed by atoms with van der Waals surface area (Å²) in [6.45, 7) is 8.61. The number of pyridine rings is 1. The molecule has 102 valence electrons. The molecule has 3 nitrogen and oxygen atoms in total. The van der Waals surface area contributed by atoms with Crippen LogP contribution in [-0.4, -0.2) is 24.8 Å². The van der Waals surface area contributed by atoms with E-state index < -0.39 is 0 Å². The van der Waals surface area contributed by atoms with Gasteiger partial charge in [-0.2, -0.15) is 0 Å². The van der Waals surface area contributed by atoms with Gasteiger partial charge in [0, 0.05) is 25.5 Å². The molecule has 1 saturated heterocycles. The molecule has 1 fully saturated rings. The molecular weight excluding hydrogens is 226 g/mol. The van der Waals surface area contributed by atoms with Crippen molar-refractivity contribution in [2.75, 3.05) is 19.8 Å². The van der Waals surface area contributed by atoms with E-state index in [9.17, 15) is 0 Å². The molecule has 2 heterocycles.